The van der Waals surface area contributed by atoms with Gasteiger partial charge in [0.2, 0.25) is 0 Å². The van der Waals surface area contributed by atoms with Crippen LogP contribution < -0.4 is 4.74 Å². The number of ether oxygens (including phenoxy) is 2. The number of carbonyl (C=O) groups excluding carboxylic acids is 1. The minimum atomic E-state index is -0.542. The highest BCUT2D eigenvalue weighted by Crippen LogP contribution is 2.29. The van der Waals surface area contributed by atoms with Crippen LogP contribution in [0.2, 0.25) is 0 Å². The molecule has 0 fully saturated rings. The molecule has 0 spiro atoms. The van der Waals surface area contributed by atoms with Gasteiger partial charge in [-0.25, -0.2) is 4.79 Å². The number of H-pyrrole nitrogens is 1. The molecule has 0 aliphatic carbocycles. The van der Waals surface area contributed by atoms with Gasteiger partial charge in [0.15, 0.2) is 0 Å². The van der Waals surface area contributed by atoms with Crippen LogP contribution in [0.5, 0.6) is 5.75 Å². The third-order valence-corrected chi connectivity index (χ3v) is 3.06. The average Bonchev–Trinajstić information content (AvgIpc) is 2.90. The molecule has 0 unspecified atom stereocenters. The van der Waals surface area contributed by atoms with E-state index in [1.807, 2.05) is 0 Å². The molecule has 1 N–H and O–H groups in total. The van der Waals surface area contributed by atoms with Gasteiger partial charge in [0.25, 0.3) is 0 Å². The smallest absolute Gasteiger partial charge is 0.355 e. The maximum Gasteiger partial charge on any atom is 0.355 e. The van der Waals surface area contributed by atoms with Crippen molar-refractivity contribution >= 4 is 22.9 Å². The molecule has 0 aliphatic rings. The molecule has 0 saturated heterocycles. The van der Waals surface area contributed by atoms with Gasteiger partial charge in [-0.3, -0.25) is 0 Å². The molecule has 2 aromatic rings. The second-order valence-electron chi connectivity index (χ2n) is 4.33. The van der Waals surface area contributed by atoms with Crippen molar-refractivity contribution in [2.45, 2.75) is 6.92 Å². The molecule has 2 rings (SSSR count). The summed E-state index contributed by atoms with van der Waals surface area (Å²) in [6, 6.07) is 8.80. The molecule has 6 nitrogen and oxygen atoms in total. The van der Waals surface area contributed by atoms with Crippen molar-refractivity contribution in [1.29, 1.82) is 10.5 Å². The highest BCUT2D eigenvalue weighted by Gasteiger charge is 2.18. The van der Waals surface area contributed by atoms with Gasteiger partial charge in [0.05, 0.1) is 13.7 Å². The normalized spacial score (nSPS) is 9.64. The molecular formula is C16H13N3O3. The van der Waals surface area contributed by atoms with E-state index in [0.29, 0.717) is 22.2 Å². The van der Waals surface area contributed by atoms with E-state index in [2.05, 4.69) is 4.98 Å². The fourth-order valence-electron chi connectivity index (χ4n) is 2.07. The van der Waals surface area contributed by atoms with Crippen molar-refractivity contribution in [3.05, 3.63) is 35.0 Å². The number of rotatable bonds is 4. The van der Waals surface area contributed by atoms with E-state index in [0.717, 1.165) is 0 Å². The van der Waals surface area contributed by atoms with Crippen LogP contribution in [0, 0.1) is 22.7 Å². The second kappa shape index (κ2) is 6.47. The number of hydrogen-bond acceptors (Lipinski definition) is 5. The van der Waals surface area contributed by atoms with E-state index in [4.69, 9.17) is 20.0 Å². The lowest BCUT2D eigenvalue weighted by atomic mass is 10.1. The lowest BCUT2D eigenvalue weighted by Gasteiger charge is -2.01. The van der Waals surface area contributed by atoms with E-state index < -0.39 is 5.97 Å². The number of fused-ring (bicyclic) bond motifs is 1. The lowest BCUT2D eigenvalue weighted by Crippen LogP contribution is -2.06. The Hall–Kier alpha value is -3.25. The first-order valence-corrected chi connectivity index (χ1v) is 6.53. The zero-order valence-electron chi connectivity index (χ0n) is 12.1. The molecule has 0 amide bonds. The Labute approximate surface area is 127 Å². The summed E-state index contributed by atoms with van der Waals surface area (Å²) in [7, 11) is 1.53. The van der Waals surface area contributed by atoms with E-state index in [-0.39, 0.29) is 17.9 Å². The Morgan fingerprint density at radius 2 is 2.09 bits per heavy atom. The molecule has 1 aromatic heterocycles. The van der Waals surface area contributed by atoms with Crippen LogP contribution >= 0.6 is 0 Å². The maximum atomic E-state index is 12.1. The van der Waals surface area contributed by atoms with Gasteiger partial charge in [-0.05, 0) is 31.2 Å². The Kier molecular flexibility index (Phi) is 4.45. The molecule has 0 aliphatic heterocycles. The number of carbonyl (C=O) groups is 1. The molecule has 1 heterocycles. The van der Waals surface area contributed by atoms with Crippen LogP contribution in [0.4, 0.5) is 0 Å². The number of esters is 1. The van der Waals surface area contributed by atoms with Crippen LogP contribution in [-0.4, -0.2) is 24.7 Å². The average molecular weight is 295 g/mol. The van der Waals surface area contributed by atoms with Gasteiger partial charge in [-0.15, -0.1) is 0 Å². The SMILES string of the molecule is CCOC(=O)c1[nH]c2ccc(OC)cc2c1C=C(C#N)C#N. The number of benzene rings is 1. The zero-order chi connectivity index (χ0) is 16.1. The summed E-state index contributed by atoms with van der Waals surface area (Å²) in [6.07, 6.45) is 1.37. The first-order valence-electron chi connectivity index (χ1n) is 6.53. The summed E-state index contributed by atoms with van der Waals surface area (Å²) < 4.78 is 10.2. The Bertz CT molecular complexity index is 819. The molecule has 0 atom stereocenters. The maximum absolute atomic E-state index is 12.1. The van der Waals surface area contributed by atoms with E-state index in [1.54, 1.807) is 37.3 Å². The number of allylic oxidation sites excluding steroid dienone is 1. The van der Waals surface area contributed by atoms with Crippen molar-refractivity contribution in [3.8, 4) is 17.9 Å². The number of methoxy groups -OCH3 is 1. The Morgan fingerprint density at radius 1 is 1.36 bits per heavy atom. The Balaban J connectivity index is 2.74. The van der Waals surface area contributed by atoms with Crippen molar-refractivity contribution < 1.29 is 14.3 Å². The van der Waals surface area contributed by atoms with Crippen LogP contribution in [0.3, 0.4) is 0 Å². The third-order valence-electron chi connectivity index (χ3n) is 3.06. The summed E-state index contributed by atoms with van der Waals surface area (Å²) in [4.78, 5) is 15.0. The summed E-state index contributed by atoms with van der Waals surface area (Å²) in [5.74, 6) is 0.0613. The van der Waals surface area contributed by atoms with Crippen molar-refractivity contribution in [1.82, 2.24) is 4.98 Å². The van der Waals surface area contributed by atoms with Crippen LogP contribution in [-0.2, 0) is 4.74 Å². The molecule has 0 bridgehead atoms. The van der Waals surface area contributed by atoms with E-state index in [1.165, 1.54) is 13.2 Å². The standard InChI is InChI=1S/C16H13N3O3/c1-3-22-16(20)15-13(6-10(8-17)9-18)12-7-11(21-2)4-5-14(12)19-15/h4-7,19H,3H2,1-2H3. The minimum Gasteiger partial charge on any atom is -0.497 e. The largest absolute Gasteiger partial charge is 0.497 e. The quantitative estimate of drug-likeness (QED) is 0.690. The van der Waals surface area contributed by atoms with E-state index >= 15 is 0 Å². The first-order chi connectivity index (χ1) is 10.6. The van der Waals surface area contributed by atoms with Gasteiger partial charge in [-0.2, -0.15) is 10.5 Å². The van der Waals surface area contributed by atoms with Gasteiger partial charge < -0.3 is 14.5 Å². The predicted molar refractivity (Wildman–Crippen MR) is 80.0 cm³/mol. The fourth-order valence-corrected chi connectivity index (χ4v) is 2.07. The topological polar surface area (TPSA) is 98.9 Å². The van der Waals surface area contributed by atoms with E-state index in [9.17, 15) is 4.79 Å². The summed E-state index contributed by atoms with van der Waals surface area (Å²) in [5, 5.41) is 18.5. The summed E-state index contributed by atoms with van der Waals surface area (Å²) in [5.41, 5.74) is 1.22. The summed E-state index contributed by atoms with van der Waals surface area (Å²) in [6.45, 7) is 1.93. The molecule has 0 saturated carbocycles. The molecule has 0 radical (unpaired) electrons. The van der Waals surface area contributed by atoms with Crippen LogP contribution in [0.1, 0.15) is 23.0 Å². The molecular weight excluding hydrogens is 282 g/mol. The highest BCUT2D eigenvalue weighted by atomic mass is 16.5. The number of nitrogens with one attached hydrogen (secondary N) is 1. The van der Waals surface area contributed by atoms with Gasteiger partial charge in [0, 0.05) is 16.5 Å². The van der Waals surface area contributed by atoms with Gasteiger partial charge in [0.1, 0.15) is 29.2 Å². The Morgan fingerprint density at radius 3 is 2.68 bits per heavy atom. The zero-order valence-corrected chi connectivity index (χ0v) is 12.1. The van der Waals surface area contributed by atoms with Crippen molar-refractivity contribution in [2.75, 3.05) is 13.7 Å². The second-order valence-corrected chi connectivity index (χ2v) is 4.33. The van der Waals surface area contributed by atoms with Gasteiger partial charge in [-0.1, -0.05) is 0 Å². The number of nitrogens with zero attached hydrogens (tertiary/aromatic N) is 2. The number of aromatic nitrogens is 1. The highest BCUT2D eigenvalue weighted by molar-refractivity contribution is 6.03. The lowest BCUT2D eigenvalue weighted by molar-refractivity contribution is 0.0520. The number of hydrogen-bond donors (Lipinski definition) is 1. The monoisotopic (exact) mass is 295 g/mol. The van der Waals surface area contributed by atoms with Crippen LogP contribution in [0.25, 0.3) is 17.0 Å². The molecule has 1 aromatic carbocycles. The molecule has 110 valence electrons. The minimum absolute atomic E-state index is 0.103. The summed E-state index contributed by atoms with van der Waals surface area (Å²) >= 11 is 0. The number of aromatic amines is 1. The molecule has 22 heavy (non-hydrogen) atoms. The fraction of sp³-hybridized carbons (Fsp3) is 0.188. The van der Waals surface area contributed by atoms with Crippen molar-refractivity contribution in [3.63, 3.8) is 0 Å². The predicted octanol–water partition coefficient (Wildman–Crippen LogP) is 2.78. The molecule has 6 heteroatoms. The van der Waals surface area contributed by atoms with Crippen molar-refractivity contribution in [2.24, 2.45) is 0 Å². The van der Waals surface area contributed by atoms with Gasteiger partial charge >= 0.3 is 5.97 Å². The van der Waals surface area contributed by atoms with Crippen LogP contribution in [0.15, 0.2) is 23.8 Å². The number of nitriles is 2. The first kappa shape index (κ1) is 15.1. The third kappa shape index (κ3) is 2.77.